The van der Waals surface area contributed by atoms with Crippen molar-refractivity contribution in [2.24, 2.45) is 11.7 Å². The zero-order valence-corrected chi connectivity index (χ0v) is 9.88. The molecule has 0 aromatic heterocycles. The Morgan fingerprint density at radius 3 is 2.50 bits per heavy atom. The summed E-state index contributed by atoms with van der Waals surface area (Å²) in [6, 6.07) is 6.38. The monoisotopic (exact) mass is 245 g/mol. The number of benzene rings is 1. The number of halogens is 2. The summed E-state index contributed by atoms with van der Waals surface area (Å²) in [5, 5.41) is 0. The van der Waals surface area contributed by atoms with Gasteiger partial charge in [-0.05, 0) is 37.1 Å². The molecular formula is C12H17ClFNO. The lowest BCUT2D eigenvalue weighted by atomic mass is 10.1. The van der Waals surface area contributed by atoms with E-state index >= 15 is 0 Å². The Labute approximate surface area is 101 Å². The van der Waals surface area contributed by atoms with E-state index in [9.17, 15) is 4.39 Å². The van der Waals surface area contributed by atoms with Crippen LogP contribution in [0.15, 0.2) is 24.3 Å². The Morgan fingerprint density at radius 2 is 1.94 bits per heavy atom. The van der Waals surface area contributed by atoms with Gasteiger partial charge in [-0.2, -0.15) is 0 Å². The van der Waals surface area contributed by atoms with Crippen LogP contribution in [0.2, 0.25) is 0 Å². The first kappa shape index (κ1) is 13.3. The minimum Gasteiger partial charge on any atom is -0.493 e. The summed E-state index contributed by atoms with van der Waals surface area (Å²) in [4.78, 5) is 0. The lowest BCUT2D eigenvalue weighted by Crippen LogP contribution is -2.28. The first-order valence-electron chi connectivity index (χ1n) is 5.39. The van der Waals surface area contributed by atoms with Crippen molar-refractivity contribution in [3.8, 4) is 5.75 Å². The van der Waals surface area contributed by atoms with E-state index in [-0.39, 0.29) is 24.3 Å². The molecule has 0 aliphatic heterocycles. The maximum atomic E-state index is 12.6. The average molecular weight is 246 g/mol. The highest BCUT2D eigenvalue weighted by atomic mass is 35.5. The summed E-state index contributed by atoms with van der Waals surface area (Å²) in [6.45, 7) is 0.646. The smallest absolute Gasteiger partial charge is 0.123 e. The second-order valence-corrected chi connectivity index (χ2v) is 4.12. The molecular weight excluding hydrogens is 229 g/mol. The maximum Gasteiger partial charge on any atom is 0.123 e. The van der Waals surface area contributed by atoms with Crippen LogP contribution in [0, 0.1) is 11.7 Å². The van der Waals surface area contributed by atoms with Crippen LogP contribution in [-0.4, -0.2) is 12.6 Å². The van der Waals surface area contributed by atoms with Crippen LogP contribution < -0.4 is 10.5 Å². The molecule has 1 saturated carbocycles. The lowest BCUT2D eigenvalue weighted by molar-refractivity contribution is 0.239. The summed E-state index contributed by atoms with van der Waals surface area (Å²) < 4.78 is 18.2. The fraction of sp³-hybridized carbons (Fsp3) is 0.500. The fourth-order valence-electron chi connectivity index (χ4n) is 2.01. The molecule has 2 rings (SSSR count). The van der Waals surface area contributed by atoms with Gasteiger partial charge in [0, 0.05) is 12.0 Å². The van der Waals surface area contributed by atoms with Gasteiger partial charge in [-0.1, -0.05) is 6.42 Å². The Kier molecular flexibility index (Phi) is 5.03. The van der Waals surface area contributed by atoms with Crippen LogP contribution in [0.5, 0.6) is 5.75 Å². The van der Waals surface area contributed by atoms with Crippen molar-refractivity contribution in [1.29, 1.82) is 0 Å². The van der Waals surface area contributed by atoms with Gasteiger partial charge in [-0.15, -0.1) is 12.4 Å². The average Bonchev–Trinajstić information content (AvgIpc) is 2.63. The molecule has 90 valence electrons. The van der Waals surface area contributed by atoms with Gasteiger partial charge < -0.3 is 10.5 Å². The van der Waals surface area contributed by atoms with Crippen molar-refractivity contribution in [3.05, 3.63) is 30.1 Å². The molecule has 4 heteroatoms. The molecule has 0 amide bonds. The van der Waals surface area contributed by atoms with Gasteiger partial charge in [-0.3, -0.25) is 0 Å². The standard InChI is InChI=1S/C12H16FNO.ClH/c13-10-4-6-11(7-5-10)15-8-9-2-1-3-12(9)14;/h4-7,9,12H,1-3,8,14H2;1H/t9-,12+;/m1./s1. The lowest BCUT2D eigenvalue weighted by Gasteiger charge is -2.15. The molecule has 1 fully saturated rings. The number of hydrogen-bond donors (Lipinski definition) is 1. The van der Waals surface area contributed by atoms with Crippen molar-refractivity contribution in [1.82, 2.24) is 0 Å². The molecule has 1 aromatic carbocycles. The van der Waals surface area contributed by atoms with Crippen molar-refractivity contribution in [3.63, 3.8) is 0 Å². The molecule has 0 spiro atoms. The van der Waals surface area contributed by atoms with Crippen molar-refractivity contribution in [2.75, 3.05) is 6.61 Å². The van der Waals surface area contributed by atoms with E-state index in [4.69, 9.17) is 10.5 Å². The molecule has 0 unspecified atom stereocenters. The van der Waals surface area contributed by atoms with Crippen LogP contribution in [0.1, 0.15) is 19.3 Å². The number of nitrogens with two attached hydrogens (primary N) is 1. The van der Waals surface area contributed by atoms with Gasteiger partial charge in [-0.25, -0.2) is 4.39 Å². The van der Waals surface area contributed by atoms with Gasteiger partial charge >= 0.3 is 0 Å². The molecule has 2 N–H and O–H groups in total. The quantitative estimate of drug-likeness (QED) is 0.889. The normalized spacial score (nSPS) is 23.9. The first-order chi connectivity index (χ1) is 7.25. The molecule has 1 aliphatic rings. The van der Waals surface area contributed by atoms with Crippen molar-refractivity contribution < 1.29 is 9.13 Å². The van der Waals surface area contributed by atoms with Gasteiger partial charge in [0.25, 0.3) is 0 Å². The Balaban J connectivity index is 0.00000128. The third-order valence-electron chi connectivity index (χ3n) is 3.00. The van der Waals surface area contributed by atoms with Crippen LogP contribution in [-0.2, 0) is 0 Å². The van der Waals surface area contributed by atoms with E-state index in [1.165, 1.54) is 18.6 Å². The van der Waals surface area contributed by atoms with Crippen LogP contribution in [0.25, 0.3) is 0 Å². The van der Waals surface area contributed by atoms with E-state index in [2.05, 4.69) is 0 Å². The highest BCUT2D eigenvalue weighted by molar-refractivity contribution is 5.85. The van der Waals surface area contributed by atoms with Crippen LogP contribution in [0.3, 0.4) is 0 Å². The van der Waals surface area contributed by atoms with Gasteiger partial charge in [0.15, 0.2) is 0 Å². The third kappa shape index (κ3) is 3.35. The Morgan fingerprint density at radius 1 is 1.25 bits per heavy atom. The predicted molar refractivity (Wildman–Crippen MR) is 64.5 cm³/mol. The van der Waals surface area contributed by atoms with Crippen molar-refractivity contribution in [2.45, 2.75) is 25.3 Å². The Hall–Kier alpha value is -0.800. The summed E-state index contributed by atoms with van der Waals surface area (Å²) in [5.41, 5.74) is 5.93. The molecule has 2 atom stereocenters. The summed E-state index contributed by atoms with van der Waals surface area (Å²) in [7, 11) is 0. The number of ether oxygens (including phenoxy) is 1. The molecule has 2 nitrogen and oxygen atoms in total. The van der Waals surface area contributed by atoms with Gasteiger partial charge in [0.2, 0.25) is 0 Å². The minimum atomic E-state index is -0.236. The zero-order chi connectivity index (χ0) is 10.7. The molecule has 16 heavy (non-hydrogen) atoms. The molecule has 0 bridgehead atoms. The van der Waals surface area contributed by atoms with E-state index < -0.39 is 0 Å². The van der Waals surface area contributed by atoms with Crippen LogP contribution >= 0.6 is 12.4 Å². The first-order valence-corrected chi connectivity index (χ1v) is 5.39. The van der Waals surface area contributed by atoms with E-state index in [1.807, 2.05) is 0 Å². The van der Waals surface area contributed by atoms with Crippen molar-refractivity contribution >= 4 is 12.4 Å². The number of rotatable bonds is 3. The van der Waals surface area contributed by atoms with E-state index in [0.717, 1.165) is 18.6 Å². The summed E-state index contributed by atoms with van der Waals surface area (Å²) in [6.07, 6.45) is 3.43. The Bertz CT molecular complexity index is 317. The maximum absolute atomic E-state index is 12.6. The second-order valence-electron chi connectivity index (χ2n) is 4.12. The van der Waals surface area contributed by atoms with E-state index in [0.29, 0.717) is 12.5 Å². The van der Waals surface area contributed by atoms with Gasteiger partial charge in [0.1, 0.15) is 11.6 Å². The zero-order valence-electron chi connectivity index (χ0n) is 9.06. The summed E-state index contributed by atoms with van der Waals surface area (Å²) >= 11 is 0. The van der Waals surface area contributed by atoms with Gasteiger partial charge in [0.05, 0.1) is 6.61 Å². The number of hydrogen-bond acceptors (Lipinski definition) is 2. The van der Waals surface area contributed by atoms with Crippen LogP contribution in [0.4, 0.5) is 4.39 Å². The highest BCUT2D eigenvalue weighted by Crippen LogP contribution is 2.24. The molecule has 0 radical (unpaired) electrons. The topological polar surface area (TPSA) is 35.2 Å². The minimum absolute atomic E-state index is 0. The highest BCUT2D eigenvalue weighted by Gasteiger charge is 2.24. The summed E-state index contributed by atoms with van der Waals surface area (Å²) in [5.74, 6) is 0.936. The fourth-order valence-corrected chi connectivity index (χ4v) is 2.01. The molecule has 0 saturated heterocycles. The third-order valence-corrected chi connectivity index (χ3v) is 3.00. The molecule has 1 aromatic rings. The largest absolute Gasteiger partial charge is 0.493 e. The second kappa shape index (κ2) is 6.06. The molecule has 0 heterocycles. The SMILES string of the molecule is Cl.N[C@H]1CCC[C@@H]1COc1ccc(F)cc1. The molecule has 1 aliphatic carbocycles. The van der Waals surface area contributed by atoms with E-state index in [1.54, 1.807) is 12.1 Å². The predicted octanol–water partition coefficient (Wildman–Crippen LogP) is 2.75.